The Morgan fingerprint density at radius 3 is 2.47 bits per heavy atom. The molecule has 0 radical (unpaired) electrons. The molecule has 1 saturated heterocycles. The summed E-state index contributed by atoms with van der Waals surface area (Å²) in [6, 6.07) is 4.97. The molecule has 1 saturated carbocycles. The van der Waals surface area contributed by atoms with Gasteiger partial charge in [-0.1, -0.05) is 19.1 Å². The monoisotopic (exact) mass is 503 g/mol. The number of amides is 1. The highest BCUT2D eigenvalue weighted by Crippen LogP contribution is 2.43. The predicted octanol–water partition coefficient (Wildman–Crippen LogP) is 3.47. The van der Waals surface area contributed by atoms with Crippen LogP contribution in [0.5, 0.6) is 0 Å². The minimum atomic E-state index is -4.41. The van der Waals surface area contributed by atoms with E-state index in [2.05, 4.69) is 27.1 Å². The first-order valence-corrected chi connectivity index (χ1v) is 12.7. The van der Waals surface area contributed by atoms with Crippen molar-refractivity contribution in [3.8, 4) is 0 Å². The predicted molar refractivity (Wildman–Crippen MR) is 129 cm³/mol. The van der Waals surface area contributed by atoms with Crippen LogP contribution < -0.4 is 10.2 Å². The molecule has 1 aromatic heterocycles. The molecule has 1 amide bonds. The number of halogens is 3. The second kappa shape index (κ2) is 9.97. The Morgan fingerprint density at radius 1 is 1.14 bits per heavy atom. The second-order valence-electron chi connectivity index (χ2n) is 10.2. The summed E-state index contributed by atoms with van der Waals surface area (Å²) in [6.07, 6.45) is -0.520. The highest BCUT2D eigenvalue weighted by atomic mass is 19.4. The summed E-state index contributed by atoms with van der Waals surface area (Å²) in [5, 5.41) is 13.7. The molecule has 0 bridgehead atoms. The maximum atomic E-state index is 13.6. The quantitative estimate of drug-likeness (QED) is 0.602. The van der Waals surface area contributed by atoms with Crippen molar-refractivity contribution in [3.05, 3.63) is 53.0 Å². The summed E-state index contributed by atoms with van der Waals surface area (Å²) >= 11 is 0. The largest absolute Gasteiger partial charge is 0.416 e. The van der Waals surface area contributed by atoms with Gasteiger partial charge in [0.25, 0.3) is 0 Å². The summed E-state index contributed by atoms with van der Waals surface area (Å²) in [5.41, 5.74) is 1.55. The Labute approximate surface area is 208 Å². The van der Waals surface area contributed by atoms with Gasteiger partial charge < -0.3 is 20.2 Å². The lowest BCUT2D eigenvalue weighted by atomic mass is 9.95. The van der Waals surface area contributed by atoms with E-state index in [4.69, 9.17) is 0 Å². The third-order valence-corrected chi connectivity index (χ3v) is 7.59. The number of nitrogens with one attached hydrogen (secondary N) is 1. The molecule has 2 fully saturated rings. The van der Waals surface area contributed by atoms with Gasteiger partial charge in [0, 0.05) is 38.3 Å². The first-order valence-electron chi connectivity index (χ1n) is 12.7. The van der Waals surface area contributed by atoms with E-state index < -0.39 is 23.8 Å². The molecule has 2 aliphatic carbocycles. The fourth-order valence-electron chi connectivity index (χ4n) is 5.32. The lowest BCUT2D eigenvalue weighted by Crippen LogP contribution is -2.51. The number of fused-ring (bicyclic) bond motifs is 1. The normalized spacial score (nSPS) is 23.0. The lowest BCUT2D eigenvalue weighted by molar-refractivity contribution is -0.137. The molecule has 2 aromatic rings. The number of hydrogen-bond donors (Lipinski definition) is 2. The van der Waals surface area contributed by atoms with E-state index in [1.54, 1.807) is 4.90 Å². The minimum absolute atomic E-state index is 0.0746. The van der Waals surface area contributed by atoms with Crippen molar-refractivity contribution in [2.75, 3.05) is 44.2 Å². The number of alkyl halides is 3. The zero-order chi connectivity index (χ0) is 25.4. The summed E-state index contributed by atoms with van der Waals surface area (Å²) in [6.45, 7) is 5.45. The Kier molecular flexibility index (Phi) is 6.91. The maximum Gasteiger partial charge on any atom is 0.416 e. The molecule has 1 aliphatic heterocycles. The lowest BCUT2D eigenvalue weighted by Gasteiger charge is -2.38. The van der Waals surface area contributed by atoms with Crippen LogP contribution in [0.1, 0.15) is 66.5 Å². The number of anilines is 1. The Balaban J connectivity index is 1.28. The smallest absolute Gasteiger partial charge is 0.387 e. The molecule has 10 heteroatoms. The average molecular weight is 504 g/mol. The van der Waals surface area contributed by atoms with E-state index in [-0.39, 0.29) is 11.8 Å². The molecular formula is C26H32F3N5O2. The van der Waals surface area contributed by atoms with Crippen LogP contribution in [0.3, 0.4) is 0 Å². The van der Waals surface area contributed by atoms with Gasteiger partial charge in [0.2, 0.25) is 5.91 Å². The van der Waals surface area contributed by atoms with E-state index in [9.17, 15) is 23.1 Å². The molecule has 194 valence electrons. The second-order valence-corrected chi connectivity index (χ2v) is 10.2. The number of rotatable bonds is 7. The molecule has 1 aromatic carbocycles. The van der Waals surface area contributed by atoms with E-state index in [0.717, 1.165) is 30.1 Å². The van der Waals surface area contributed by atoms with Crippen LogP contribution in [0.25, 0.3) is 0 Å². The Hall–Kier alpha value is -2.72. The van der Waals surface area contributed by atoms with E-state index in [0.29, 0.717) is 56.3 Å². The van der Waals surface area contributed by atoms with Gasteiger partial charge in [-0.3, -0.25) is 4.79 Å². The number of benzene rings is 1. The standard InChI is InChI=1S/C26H32F3N5O2/c1-16-12-21(35)23-22(16)24(32-15-31-23)33-8-10-34(11-9-33)25(36)20(14-30-13-17-2-3-17)18-4-6-19(7-5-18)26(27,28)29/h4-7,15-17,20-21,30,35H,2-3,8-14H2,1H3/t16-,20?,21-/m1/s1. The van der Waals surface area contributed by atoms with Gasteiger partial charge in [0.1, 0.15) is 12.1 Å². The van der Waals surface area contributed by atoms with Gasteiger partial charge in [-0.15, -0.1) is 0 Å². The number of piperazine rings is 1. The molecule has 36 heavy (non-hydrogen) atoms. The molecule has 5 rings (SSSR count). The van der Waals surface area contributed by atoms with Gasteiger partial charge >= 0.3 is 6.18 Å². The molecule has 7 nitrogen and oxygen atoms in total. The molecule has 3 atom stereocenters. The van der Waals surface area contributed by atoms with Crippen molar-refractivity contribution in [2.24, 2.45) is 5.92 Å². The number of carbonyl (C=O) groups excluding carboxylic acids is 1. The van der Waals surface area contributed by atoms with E-state index in [1.807, 2.05) is 0 Å². The fourth-order valence-corrected chi connectivity index (χ4v) is 5.32. The number of aromatic nitrogens is 2. The summed E-state index contributed by atoms with van der Waals surface area (Å²) < 4.78 is 39.2. The van der Waals surface area contributed by atoms with E-state index >= 15 is 0 Å². The summed E-state index contributed by atoms with van der Waals surface area (Å²) in [4.78, 5) is 26.3. The van der Waals surface area contributed by atoms with Gasteiger partial charge in [-0.2, -0.15) is 13.2 Å². The highest BCUT2D eigenvalue weighted by molar-refractivity contribution is 5.84. The van der Waals surface area contributed by atoms with Crippen molar-refractivity contribution in [2.45, 2.75) is 50.3 Å². The van der Waals surface area contributed by atoms with E-state index in [1.165, 1.54) is 31.3 Å². The number of aliphatic hydroxyl groups is 1. The van der Waals surface area contributed by atoms with Crippen molar-refractivity contribution in [3.63, 3.8) is 0 Å². The zero-order valence-corrected chi connectivity index (χ0v) is 20.3. The van der Waals surface area contributed by atoms with Gasteiger partial charge in [-0.25, -0.2) is 9.97 Å². The topological polar surface area (TPSA) is 81.6 Å². The first-order chi connectivity index (χ1) is 17.2. The van der Waals surface area contributed by atoms with Crippen LogP contribution in [0.2, 0.25) is 0 Å². The van der Waals surface area contributed by atoms with Crippen LogP contribution in [0.15, 0.2) is 30.6 Å². The van der Waals surface area contributed by atoms with Crippen LogP contribution in [-0.4, -0.2) is 65.2 Å². The Morgan fingerprint density at radius 2 is 1.83 bits per heavy atom. The molecule has 2 N–H and O–H groups in total. The van der Waals surface area contributed by atoms with Gasteiger partial charge in [0.05, 0.1) is 23.3 Å². The molecule has 1 unspecified atom stereocenters. The maximum absolute atomic E-state index is 13.6. The average Bonchev–Trinajstić information content (AvgIpc) is 3.65. The number of nitrogens with zero attached hydrogens (tertiary/aromatic N) is 4. The van der Waals surface area contributed by atoms with Gasteiger partial charge in [-0.05, 0) is 55.3 Å². The molecule has 0 spiro atoms. The summed E-state index contributed by atoms with van der Waals surface area (Å²) in [7, 11) is 0. The van der Waals surface area contributed by atoms with Crippen molar-refractivity contribution in [1.82, 2.24) is 20.2 Å². The number of hydrogen-bond acceptors (Lipinski definition) is 6. The zero-order valence-electron chi connectivity index (χ0n) is 20.3. The third-order valence-electron chi connectivity index (χ3n) is 7.59. The third kappa shape index (κ3) is 5.20. The van der Waals surface area contributed by atoms with Crippen molar-refractivity contribution >= 4 is 11.7 Å². The number of carbonyl (C=O) groups is 1. The minimum Gasteiger partial charge on any atom is -0.387 e. The molecule has 2 heterocycles. The van der Waals surface area contributed by atoms with Gasteiger partial charge in [0.15, 0.2) is 0 Å². The van der Waals surface area contributed by atoms with Crippen LogP contribution in [0, 0.1) is 5.92 Å². The summed E-state index contributed by atoms with van der Waals surface area (Å²) in [5.74, 6) is 0.992. The van der Waals surface area contributed by atoms with Crippen LogP contribution in [0.4, 0.5) is 19.0 Å². The van der Waals surface area contributed by atoms with Crippen molar-refractivity contribution in [1.29, 1.82) is 0 Å². The van der Waals surface area contributed by atoms with Crippen molar-refractivity contribution < 1.29 is 23.1 Å². The fraction of sp³-hybridized carbons (Fsp3) is 0.577. The molecule has 3 aliphatic rings. The first kappa shape index (κ1) is 25.0. The number of aliphatic hydroxyl groups excluding tert-OH is 1. The van der Waals surface area contributed by atoms with Crippen LogP contribution >= 0.6 is 0 Å². The van der Waals surface area contributed by atoms with Crippen LogP contribution in [-0.2, 0) is 11.0 Å². The SMILES string of the molecule is C[C@@H]1C[C@@H](O)c2ncnc(N3CCN(C(=O)C(CNCC4CC4)c4ccc(C(F)(F)F)cc4)CC3)c21. The Bertz CT molecular complexity index is 1080. The highest BCUT2D eigenvalue weighted by Gasteiger charge is 2.36. The molecular weight excluding hydrogens is 471 g/mol.